The Hall–Kier alpha value is -3.24. The minimum Gasteiger partial charge on any atom is -0.484 e. The van der Waals surface area contributed by atoms with E-state index in [1.54, 1.807) is 0 Å². The molecule has 2 aromatic heterocycles. The Morgan fingerprint density at radius 1 is 1.06 bits per heavy atom. The van der Waals surface area contributed by atoms with Gasteiger partial charge >= 0.3 is 0 Å². The fourth-order valence-corrected chi connectivity index (χ4v) is 4.22. The van der Waals surface area contributed by atoms with E-state index in [4.69, 9.17) is 9.15 Å². The number of hydrogen-bond donors (Lipinski definition) is 1. The Bertz CT molecular complexity index is 1190. The first-order valence-electron chi connectivity index (χ1n) is 9.86. The van der Waals surface area contributed by atoms with Gasteiger partial charge in [-0.05, 0) is 37.1 Å². The van der Waals surface area contributed by atoms with Crippen LogP contribution in [0.1, 0.15) is 37.4 Å². The van der Waals surface area contributed by atoms with Gasteiger partial charge in [0, 0.05) is 6.54 Å². The van der Waals surface area contributed by atoms with Gasteiger partial charge in [-0.15, -0.1) is 20.4 Å². The molecule has 0 aliphatic rings. The van der Waals surface area contributed by atoms with Crippen LogP contribution >= 0.6 is 23.1 Å². The topological polar surface area (TPSA) is 103 Å². The maximum absolute atomic E-state index is 12.3. The van der Waals surface area contributed by atoms with Crippen molar-refractivity contribution >= 4 is 29.0 Å². The van der Waals surface area contributed by atoms with Gasteiger partial charge in [-0.1, -0.05) is 65.1 Å². The molecule has 0 spiro atoms. The number of nitrogens with one attached hydrogen (secondary N) is 1. The van der Waals surface area contributed by atoms with Gasteiger partial charge < -0.3 is 14.5 Å². The summed E-state index contributed by atoms with van der Waals surface area (Å²) in [7, 11) is 0. The third-order valence-electron chi connectivity index (χ3n) is 4.35. The van der Waals surface area contributed by atoms with Crippen LogP contribution in [0, 0.1) is 13.8 Å². The van der Waals surface area contributed by atoms with Crippen LogP contribution in [0.3, 0.4) is 0 Å². The molecule has 0 aliphatic carbocycles. The lowest BCUT2D eigenvalue weighted by atomic mass is 10.1. The molecule has 4 rings (SSSR count). The first-order valence-corrected chi connectivity index (χ1v) is 11.7. The van der Waals surface area contributed by atoms with Gasteiger partial charge in [-0.3, -0.25) is 4.79 Å². The number of ether oxygens (including phenoxy) is 1. The number of hydrogen-bond acceptors (Lipinski definition) is 9. The summed E-state index contributed by atoms with van der Waals surface area (Å²) in [5.74, 6) is 1.37. The number of amides is 1. The number of benzene rings is 2. The van der Waals surface area contributed by atoms with Crippen molar-refractivity contribution in [2.45, 2.75) is 38.0 Å². The van der Waals surface area contributed by atoms with Gasteiger partial charge in [-0.25, -0.2) is 0 Å². The molecule has 32 heavy (non-hydrogen) atoms. The van der Waals surface area contributed by atoms with E-state index in [1.165, 1.54) is 28.7 Å². The Morgan fingerprint density at radius 2 is 1.91 bits per heavy atom. The van der Waals surface area contributed by atoms with Gasteiger partial charge in [0.1, 0.15) is 10.8 Å². The molecule has 0 bridgehead atoms. The van der Waals surface area contributed by atoms with Gasteiger partial charge in [-0.2, -0.15) is 0 Å². The highest BCUT2D eigenvalue weighted by Gasteiger charge is 2.14. The zero-order valence-corrected chi connectivity index (χ0v) is 19.2. The second kappa shape index (κ2) is 10.4. The van der Waals surface area contributed by atoms with E-state index in [0.717, 1.165) is 16.9 Å². The third-order valence-corrected chi connectivity index (χ3v) is 6.29. The van der Waals surface area contributed by atoms with Crippen LogP contribution in [0.4, 0.5) is 0 Å². The molecule has 2 aromatic carbocycles. The molecular formula is C22H21N5O3S2. The lowest BCUT2D eigenvalue weighted by molar-refractivity contribution is 0.0950. The fraction of sp³-hybridized carbons (Fsp3) is 0.227. The molecule has 10 heteroatoms. The summed E-state index contributed by atoms with van der Waals surface area (Å²) in [5.41, 5.74) is 3.32. The van der Waals surface area contributed by atoms with Crippen LogP contribution in [-0.4, -0.2) is 26.3 Å². The second-order valence-electron chi connectivity index (χ2n) is 7.02. The minimum atomic E-state index is -0.243. The molecule has 0 saturated heterocycles. The Kier molecular flexibility index (Phi) is 7.13. The number of rotatable bonds is 9. The zero-order valence-electron chi connectivity index (χ0n) is 17.6. The SMILES string of the molecule is Cc1ccc(CNC(=O)c2nnc(CSc3nnc(COc4cccc(C)c4)o3)s2)cc1. The molecule has 0 atom stereocenters. The van der Waals surface area contributed by atoms with Crippen LogP contribution in [0.25, 0.3) is 0 Å². The van der Waals surface area contributed by atoms with E-state index in [-0.39, 0.29) is 12.5 Å². The number of aromatic nitrogens is 4. The van der Waals surface area contributed by atoms with Crippen molar-refractivity contribution in [3.8, 4) is 5.75 Å². The molecule has 164 valence electrons. The number of aryl methyl sites for hydroxylation is 2. The van der Waals surface area contributed by atoms with E-state index in [0.29, 0.717) is 33.4 Å². The lowest BCUT2D eigenvalue weighted by Gasteiger charge is -2.03. The largest absolute Gasteiger partial charge is 0.484 e. The standard InChI is InChI=1S/C22H21N5O3S2/c1-14-6-8-16(9-7-14)11-23-20(28)21-26-25-19(32-21)13-31-22-27-24-18(30-22)12-29-17-5-3-4-15(2)10-17/h3-10H,11-13H2,1-2H3,(H,23,28). The van der Waals surface area contributed by atoms with Crippen LogP contribution < -0.4 is 10.1 Å². The van der Waals surface area contributed by atoms with Gasteiger partial charge in [0.15, 0.2) is 6.61 Å². The fourth-order valence-electron chi connectivity index (χ4n) is 2.70. The average molecular weight is 468 g/mol. The number of nitrogens with zero attached hydrogens (tertiary/aromatic N) is 4. The second-order valence-corrected chi connectivity index (χ2v) is 9.01. The lowest BCUT2D eigenvalue weighted by Crippen LogP contribution is -2.22. The normalized spacial score (nSPS) is 10.8. The van der Waals surface area contributed by atoms with E-state index in [9.17, 15) is 4.79 Å². The number of carbonyl (C=O) groups is 1. The van der Waals surface area contributed by atoms with E-state index < -0.39 is 0 Å². The number of carbonyl (C=O) groups excluding carboxylic acids is 1. The van der Waals surface area contributed by atoms with Crippen molar-refractivity contribution in [3.05, 3.63) is 81.1 Å². The van der Waals surface area contributed by atoms with Crippen LogP contribution in [0.5, 0.6) is 5.75 Å². The van der Waals surface area contributed by atoms with E-state index in [1.807, 2.05) is 62.4 Å². The highest BCUT2D eigenvalue weighted by atomic mass is 32.2. The van der Waals surface area contributed by atoms with Crippen molar-refractivity contribution in [1.29, 1.82) is 0 Å². The Labute approximate surface area is 193 Å². The summed E-state index contributed by atoms with van der Waals surface area (Å²) in [6.45, 7) is 4.66. The minimum absolute atomic E-state index is 0.196. The predicted molar refractivity (Wildman–Crippen MR) is 122 cm³/mol. The molecule has 1 amide bonds. The van der Waals surface area contributed by atoms with Crippen LogP contribution in [0.2, 0.25) is 0 Å². The summed E-state index contributed by atoms with van der Waals surface area (Å²) >= 11 is 2.58. The van der Waals surface area contributed by atoms with Crippen LogP contribution in [0.15, 0.2) is 58.2 Å². The predicted octanol–water partition coefficient (Wildman–Crippen LogP) is 4.34. The molecule has 1 N–H and O–H groups in total. The van der Waals surface area contributed by atoms with Crippen molar-refractivity contribution in [2.75, 3.05) is 0 Å². The van der Waals surface area contributed by atoms with Gasteiger partial charge in [0.05, 0.1) is 5.75 Å². The molecule has 2 heterocycles. The highest BCUT2D eigenvalue weighted by Crippen LogP contribution is 2.24. The van der Waals surface area contributed by atoms with Crippen molar-refractivity contribution in [1.82, 2.24) is 25.7 Å². The summed E-state index contributed by atoms with van der Waals surface area (Å²) < 4.78 is 11.3. The molecule has 0 saturated carbocycles. The van der Waals surface area contributed by atoms with Crippen molar-refractivity contribution in [3.63, 3.8) is 0 Å². The van der Waals surface area contributed by atoms with Crippen molar-refractivity contribution < 1.29 is 13.9 Å². The molecule has 0 aliphatic heterocycles. The number of thioether (sulfide) groups is 1. The molecule has 4 aromatic rings. The van der Waals surface area contributed by atoms with E-state index >= 15 is 0 Å². The third kappa shape index (κ3) is 6.14. The molecule has 8 nitrogen and oxygen atoms in total. The van der Waals surface area contributed by atoms with Gasteiger partial charge in [0.2, 0.25) is 5.01 Å². The molecule has 0 radical (unpaired) electrons. The molecular weight excluding hydrogens is 446 g/mol. The van der Waals surface area contributed by atoms with Crippen molar-refractivity contribution in [2.24, 2.45) is 0 Å². The first-order chi connectivity index (χ1) is 15.5. The summed E-state index contributed by atoms with van der Waals surface area (Å²) in [6, 6.07) is 15.8. The first kappa shape index (κ1) is 22.0. The zero-order chi connectivity index (χ0) is 22.3. The Morgan fingerprint density at radius 3 is 2.72 bits per heavy atom. The average Bonchev–Trinajstić information content (AvgIpc) is 3.45. The summed E-state index contributed by atoms with van der Waals surface area (Å²) in [4.78, 5) is 12.3. The smallest absolute Gasteiger partial charge is 0.282 e. The van der Waals surface area contributed by atoms with E-state index in [2.05, 4.69) is 25.7 Å². The quantitative estimate of drug-likeness (QED) is 0.363. The van der Waals surface area contributed by atoms with Gasteiger partial charge in [0.25, 0.3) is 17.0 Å². The summed E-state index contributed by atoms with van der Waals surface area (Å²) in [5, 5.41) is 20.4. The molecule has 0 fully saturated rings. The summed E-state index contributed by atoms with van der Waals surface area (Å²) in [6.07, 6.45) is 0. The highest BCUT2D eigenvalue weighted by molar-refractivity contribution is 7.98. The molecule has 0 unspecified atom stereocenters. The Balaban J connectivity index is 1.24. The van der Waals surface area contributed by atoms with Crippen LogP contribution in [-0.2, 0) is 18.9 Å². The maximum atomic E-state index is 12.3. The maximum Gasteiger partial charge on any atom is 0.282 e. The monoisotopic (exact) mass is 467 g/mol.